The summed E-state index contributed by atoms with van der Waals surface area (Å²) in [6.45, 7) is 3.49. The van der Waals surface area contributed by atoms with Crippen molar-refractivity contribution < 1.29 is 0 Å². The lowest BCUT2D eigenvalue weighted by Crippen LogP contribution is -2.19. The van der Waals surface area contributed by atoms with Crippen LogP contribution in [0.5, 0.6) is 0 Å². The Balaban J connectivity index is 0.00000272. The molecule has 9 nitrogen and oxygen atoms in total. The summed E-state index contributed by atoms with van der Waals surface area (Å²) in [6.07, 6.45) is 0. The van der Waals surface area contributed by atoms with Gasteiger partial charge in [0.2, 0.25) is 10.3 Å². The molecule has 0 saturated heterocycles. The number of fused-ring (bicyclic) bond motifs is 1. The van der Waals surface area contributed by atoms with Crippen molar-refractivity contribution in [2.75, 3.05) is 20.6 Å². The zero-order valence-corrected chi connectivity index (χ0v) is 20.3. The molecule has 0 bridgehead atoms. The standard InChI is InChI=1S/C18H20ClN9S2.ClH/c1-12-10-15(30-18-22-24-25-27(18)9-8-26(2)3)28-16(20-12)21-17(23-28)29-11-13-4-6-14(19)7-5-13;/h4-7,10H,8-9,11H2,1-3H3;1H. The van der Waals surface area contributed by atoms with Crippen molar-refractivity contribution in [1.29, 1.82) is 0 Å². The van der Waals surface area contributed by atoms with E-state index in [9.17, 15) is 0 Å². The number of aromatic nitrogens is 8. The van der Waals surface area contributed by atoms with Crippen LogP contribution in [0.4, 0.5) is 0 Å². The van der Waals surface area contributed by atoms with Gasteiger partial charge < -0.3 is 4.90 Å². The van der Waals surface area contributed by atoms with Crippen LogP contribution in [0.25, 0.3) is 5.78 Å². The van der Waals surface area contributed by atoms with Crippen molar-refractivity contribution in [3.63, 3.8) is 0 Å². The van der Waals surface area contributed by atoms with E-state index < -0.39 is 0 Å². The highest BCUT2D eigenvalue weighted by Crippen LogP contribution is 2.28. The molecule has 0 atom stereocenters. The van der Waals surface area contributed by atoms with Crippen LogP contribution in [0.15, 0.2) is 45.7 Å². The number of tetrazole rings is 1. The maximum absolute atomic E-state index is 5.96. The van der Waals surface area contributed by atoms with Crippen LogP contribution in [-0.2, 0) is 12.3 Å². The van der Waals surface area contributed by atoms with E-state index in [1.807, 2.05) is 51.4 Å². The fourth-order valence-corrected chi connectivity index (χ4v) is 4.43. The first kappa shape index (κ1) is 23.7. The zero-order chi connectivity index (χ0) is 21.1. The normalized spacial score (nSPS) is 11.3. The summed E-state index contributed by atoms with van der Waals surface area (Å²) >= 11 is 8.96. The molecule has 0 aliphatic heterocycles. The fraction of sp³-hybridized carbons (Fsp3) is 0.333. The van der Waals surface area contributed by atoms with Gasteiger partial charge in [-0.1, -0.05) is 35.5 Å². The van der Waals surface area contributed by atoms with Gasteiger partial charge in [-0.3, -0.25) is 0 Å². The minimum absolute atomic E-state index is 0. The van der Waals surface area contributed by atoms with E-state index in [-0.39, 0.29) is 12.4 Å². The number of halogens is 2. The van der Waals surface area contributed by atoms with Crippen LogP contribution in [-0.4, -0.2) is 65.3 Å². The first-order chi connectivity index (χ1) is 14.5. The second-order valence-electron chi connectivity index (χ2n) is 6.85. The third-order valence-electron chi connectivity index (χ3n) is 4.12. The molecule has 0 aliphatic carbocycles. The number of thioether (sulfide) groups is 1. The van der Waals surface area contributed by atoms with Gasteiger partial charge in [0.25, 0.3) is 5.78 Å². The lowest BCUT2D eigenvalue weighted by Gasteiger charge is -2.10. The quantitative estimate of drug-likeness (QED) is 0.267. The van der Waals surface area contributed by atoms with Crippen LogP contribution in [0.1, 0.15) is 11.3 Å². The maximum atomic E-state index is 5.96. The Bertz CT molecular complexity index is 1140. The number of hydrogen-bond donors (Lipinski definition) is 0. The lowest BCUT2D eigenvalue weighted by molar-refractivity contribution is 0.361. The van der Waals surface area contributed by atoms with Crippen molar-refractivity contribution in [1.82, 2.24) is 44.7 Å². The van der Waals surface area contributed by atoms with Gasteiger partial charge in [0.15, 0.2) is 0 Å². The van der Waals surface area contributed by atoms with E-state index in [0.717, 1.165) is 33.6 Å². The maximum Gasteiger partial charge on any atom is 0.254 e. The SMILES string of the molecule is Cc1cc(Sc2nnnn2CCN(C)C)n2nc(SCc3ccc(Cl)cc3)nc2n1.Cl. The summed E-state index contributed by atoms with van der Waals surface area (Å²) in [4.78, 5) is 11.2. The molecule has 0 amide bonds. The Morgan fingerprint density at radius 1 is 1.13 bits per heavy atom. The van der Waals surface area contributed by atoms with Gasteiger partial charge >= 0.3 is 0 Å². The van der Waals surface area contributed by atoms with Crippen LogP contribution in [0.3, 0.4) is 0 Å². The highest BCUT2D eigenvalue weighted by molar-refractivity contribution is 7.99. The Kier molecular flexibility index (Phi) is 8.11. The predicted molar refractivity (Wildman–Crippen MR) is 124 cm³/mol. The molecular weight excluding hydrogens is 477 g/mol. The number of aryl methyl sites for hydroxylation is 1. The molecule has 0 spiro atoms. The fourth-order valence-electron chi connectivity index (χ4n) is 2.60. The van der Waals surface area contributed by atoms with Gasteiger partial charge in [-0.15, -0.1) is 22.6 Å². The molecule has 0 N–H and O–H groups in total. The Labute approximate surface area is 199 Å². The minimum Gasteiger partial charge on any atom is -0.308 e. The topological polar surface area (TPSA) is 89.9 Å². The summed E-state index contributed by atoms with van der Waals surface area (Å²) in [5, 5.41) is 19.7. The average Bonchev–Trinajstić information content (AvgIpc) is 3.32. The molecule has 0 radical (unpaired) electrons. The number of hydrogen-bond acceptors (Lipinski definition) is 9. The van der Waals surface area contributed by atoms with E-state index in [1.165, 1.54) is 11.8 Å². The molecule has 4 rings (SSSR count). The summed E-state index contributed by atoms with van der Waals surface area (Å²) in [5.74, 6) is 1.31. The van der Waals surface area contributed by atoms with Crippen LogP contribution >= 0.6 is 47.5 Å². The van der Waals surface area contributed by atoms with E-state index in [4.69, 9.17) is 11.6 Å². The second kappa shape index (κ2) is 10.6. The summed E-state index contributed by atoms with van der Waals surface area (Å²) < 4.78 is 3.53. The van der Waals surface area contributed by atoms with Crippen molar-refractivity contribution in [3.8, 4) is 0 Å². The molecule has 4 aromatic rings. The van der Waals surface area contributed by atoms with Crippen molar-refractivity contribution in [2.45, 2.75) is 34.6 Å². The molecule has 0 unspecified atom stereocenters. The second-order valence-corrected chi connectivity index (χ2v) is 9.21. The van der Waals surface area contributed by atoms with Crippen LogP contribution in [0.2, 0.25) is 5.02 Å². The third kappa shape index (κ3) is 6.07. The van der Waals surface area contributed by atoms with Crippen molar-refractivity contribution in [3.05, 3.63) is 46.6 Å². The van der Waals surface area contributed by atoms with Gasteiger partial charge in [0.05, 0.1) is 6.54 Å². The Hall–Kier alpha value is -1.92. The van der Waals surface area contributed by atoms with Gasteiger partial charge in [-0.25, -0.2) is 9.67 Å². The molecule has 31 heavy (non-hydrogen) atoms. The summed E-state index contributed by atoms with van der Waals surface area (Å²) in [7, 11) is 4.04. The molecule has 13 heteroatoms. The van der Waals surface area contributed by atoms with Crippen LogP contribution in [0, 0.1) is 6.92 Å². The van der Waals surface area contributed by atoms with Crippen molar-refractivity contribution in [2.24, 2.45) is 0 Å². The largest absolute Gasteiger partial charge is 0.308 e. The highest BCUT2D eigenvalue weighted by atomic mass is 35.5. The monoisotopic (exact) mass is 497 g/mol. The molecule has 3 heterocycles. The molecule has 0 fully saturated rings. The van der Waals surface area contributed by atoms with Gasteiger partial charge in [-0.05, 0) is 67.0 Å². The van der Waals surface area contributed by atoms with Gasteiger partial charge in [0, 0.05) is 23.0 Å². The third-order valence-corrected chi connectivity index (χ3v) is 6.26. The Morgan fingerprint density at radius 2 is 1.90 bits per heavy atom. The van der Waals surface area contributed by atoms with Crippen molar-refractivity contribution >= 4 is 53.3 Å². The molecule has 3 aromatic heterocycles. The van der Waals surface area contributed by atoms with Crippen LogP contribution < -0.4 is 0 Å². The average molecular weight is 498 g/mol. The molecule has 0 aliphatic rings. The van der Waals surface area contributed by atoms with Gasteiger partial charge in [0.1, 0.15) is 5.03 Å². The molecule has 0 saturated carbocycles. The van der Waals surface area contributed by atoms with E-state index in [2.05, 4.69) is 35.5 Å². The molecule has 164 valence electrons. The Morgan fingerprint density at radius 3 is 2.65 bits per heavy atom. The number of rotatable bonds is 8. The molecular formula is C18H21Cl2N9S2. The summed E-state index contributed by atoms with van der Waals surface area (Å²) in [5.41, 5.74) is 2.01. The molecule has 1 aromatic carbocycles. The van der Waals surface area contributed by atoms with E-state index >= 15 is 0 Å². The predicted octanol–water partition coefficient (Wildman–Crippen LogP) is 3.50. The number of nitrogens with zero attached hydrogens (tertiary/aromatic N) is 9. The first-order valence-electron chi connectivity index (χ1n) is 9.18. The van der Waals surface area contributed by atoms with E-state index in [0.29, 0.717) is 22.6 Å². The first-order valence-corrected chi connectivity index (χ1v) is 11.4. The smallest absolute Gasteiger partial charge is 0.254 e. The number of benzene rings is 1. The zero-order valence-electron chi connectivity index (χ0n) is 17.1. The lowest BCUT2D eigenvalue weighted by atomic mass is 10.2. The highest BCUT2D eigenvalue weighted by Gasteiger charge is 2.15. The number of likely N-dealkylation sites (N-methyl/N-ethyl adjacent to an activating group) is 1. The minimum atomic E-state index is 0. The van der Waals surface area contributed by atoms with Gasteiger partial charge in [-0.2, -0.15) is 9.50 Å². The van der Waals surface area contributed by atoms with E-state index in [1.54, 1.807) is 21.0 Å². The summed E-state index contributed by atoms with van der Waals surface area (Å²) in [6, 6.07) is 9.74.